The molecule has 0 saturated carbocycles. The molecular weight excluding hydrogens is 320 g/mol. The van der Waals surface area contributed by atoms with Crippen molar-refractivity contribution in [2.45, 2.75) is 13.0 Å². The molecule has 0 aliphatic carbocycles. The zero-order valence-corrected chi connectivity index (χ0v) is 14.4. The van der Waals surface area contributed by atoms with Crippen molar-refractivity contribution in [3.63, 3.8) is 0 Å². The van der Waals surface area contributed by atoms with Crippen molar-refractivity contribution in [1.29, 1.82) is 0 Å². The van der Waals surface area contributed by atoms with Gasteiger partial charge in [-0.2, -0.15) is 0 Å². The molecule has 1 heterocycles. The molecule has 0 spiro atoms. The fourth-order valence-electron chi connectivity index (χ4n) is 2.59. The largest absolute Gasteiger partial charge is 0.495 e. The Labute approximate surface area is 147 Å². The van der Waals surface area contributed by atoms with Gasteiger partial charge in [0.1, 0.15) is 18.5 Å². The van der Waals surface area contributed by atoms with Crippen LogP contribution in [0, 0.1) is 6.92 Å². The molecule has 1 atom stereocenters. The summed E-state index contributed by atoms with van der Waals surface area (Å²) in [7, 11) is 1.61. The van der Waals surface area contributed by atoms with Gasteiger partial charge in [0.2, 0.25) is 5.91 Å². The number of benzene rings is 2. The molecular formula is C19H22N2O4. The topological polar surface area (TPSA) is 68.8 Å². The molecule has 25 heavy (non-hydrogen) atoms. The average molecular weight is 342 g/mol. The summed E-state index contributed by atoms with van der Waals surface area (Å²) in [5.41, 5.74) is 1.89. The van der Waals surface area contributed by atoms with E-state index in [9.17, 15) is 4.79 Å². The van der Waals surface area contributed by atoms with E-state index in [1.165, 1.54) is 0 Å². The highest BCUT2D eigenvalue weighted by molar-refractivity contribution is 5.81. The number of amides is 1. The van der Waals surface area contributed by atoms with E-state index in [1.807, 2.05) is 49.4 Å². The minimum atomic E-state index is -0.202. The van der Waals surface area contributed by atoms with E-state index >= 15 is 0 Å². The maximum Gasteiger partial charge on any atom is 0.239 e. The summed E-state index contributed by atoms with van der Waals surface area (Å²) in [4.78, 5) is 12.1. The number of fused-ring (bicyclic) bond motifs is 1. The smallest absolute Gasteiger partial charge is 0.239 e. The molecule has 0 fully saturated rings. The van der Waals surface area contributed by atoms with E-state index in [1.54, 1.807) is 7.11 Å². The van der Waals surface area contributed by atoms with Crippen molar-refractivity contribution < 1.29 is 19.0 Å². The number of anilines is 1. The highest BCUT2D eigenvalue weighted by atomic mass is 16.6. The van der Waals surface area contributed by atoms with Gasteiger partial charge in [-0.05, 0) is 36.8 Å². The molecule has 0 unspecified atom stereocenters. The molecule has 2 aromatic carbocycles. The molecule has 6 heteroatoms. The Bertz CT molecular complexity index is 748. The van der Waals surface area contributed by atoms with Crippen LogP contribution in [0.4, 0.5) is 5.69 Å². The quantitative estimate of drug-likeness (QED) is 0.843. The van der Waals surface area contributed by atoms with Crippen molar-refractivity contribution >= 4 is 11.6 Å². The molecule has 0 bridgehead atoms. The molecule has 6 nitrogen and oxygen atoms in total. The van der Waals surface area contributed by atoms with Crippen molar-refractivity contribution in [2.24, 2.45) is 0 Å². The Morgan fingerprint density at radius 2 is 2.04 bits per heavy atom. The molecule has 2 N–H and O–H groups in total. The first-order chi connectivity index (χ1) is 12.2. The van der Waals surface area contributed by atoms with Gasteiger partial charge in [0.25, 0.3) is 0 Å². The van der Waals surface area contributed by atoms with Crippen LogP contribution in [-0.2, 0) is 4.79 Å². The van der Waals surface area contributed by atoms with Crippen molar-refractivity contribution in [3.05, 3.63) is 48.0 Å². The van der Waals surface area contributed by atoms with Crippen LogP contribution >= 0.6 is 0 Å². The number of carbonyl (C=O) groups excluding carboxylic acids is 1. The molecule has 2 aromatic rings. The molecule has 1 aliphatic rings. The Balaban J connectivity index is 1.47. The Morgan fingerprint density at radius 1 is 1.24 bits per heavy atom. The lowest BCUT2D eigenvalue weighted by Gasteiger charge is -2.26. The fraction of sp³-hybridized carbons (Fsp3) is 0.316. The average Bonchev–Trinajstić information content (AvgIpc) is 2.64. The summed E-state index contributed by atoms with van der Waals surface area (Å²) in [6, 6.07) is 13.3. The minimum Gasteiger partial charge on any atom is -0.495 e. The minimum absolute atomic E-state index is 0.119. The summed E-state index contributed by atoms with van der Waals surface area (Å²) in [5.74, 6) is 2.03. The molecule has 132 valence electrons. The first-order valence-electron chi connectivity index (χ1n) is 8.19. The first-order valence-corrected chi connectivity index (χ1v) is 8.19. The number of rotatable bonds is 6. The van der Waals surface area contributed by atoms with Gasteiger partial charge in [-0.15, -0.1) is 0 Å². The summed E-state index contributed by atoms with van der Waals surface area (Å²) in [5, 5.41) is 5.96. The third kappa shape index (κ3) is 4.35. The van der Waals surface area contributed by atoms with Gasteiger partial charge in [-0.25, -0.2) is 0 Å². The van der Waals surface area contributed by atoms with Gasteiger partial charge in [-0.1, -0.05) is 18.2 Å². The fourth-order valence-corrected chi connectivity index (χ4v) is 2.59. The van der Waals surface area contributed by atoms with E-state index in [-0.39, 0.29) is 18.6 Å². The number of para-hydroxylation sites is 2. The predicted molar refractivity (Wildman–Crippen MR) is 95.6 cm³/mol. The van der Waals surface area contributed by atoms with Crippen molar-refractivity contribution in [2.75, 3.05) is 32.1 Å². The molecule has 0 radical (unpaired) electrons. The van der Waals surface area contributed by atoms with Crippen LogP contribution < -0.4 is 24.8 Å². The van der Waals surface area contributed by atoms with Crippen LogP contribution in [0.3, 0.4) is 0 Å². The first kappa shape index (κ1) is 17.0. The Hall–Kier alpha value is -2.89. The standard InChI is InChI=1S/C19H22N2O4/c1-13-7-8-16(23-2)15(9-13)20-11-19(22)21-10-14-12-24-17-5-3-4-6-18(17)25-14/h3-9,14,20H,10-12H2,1-2H3,(H,21,22)/t14-/m0/s1. The summed E-state index contributed by atoms with van der Waals surface area (Å²) in [6.45, 7) is 2.95. The van der Waals surface area contributed by atoms with E-state index in [0.717, 1.165) is 17.0 Å². The number of aryl methyl sites for hydroxylation is 1. The van der Waals surface area contributed by atoms with Crippen molar-refractivity contribution in [3.8, 4) is 17.2 Å². The van der Waals surface area contributed by atoms with Gasteiger partial charge >= 0.3 is 0 Å². The number of carbonyl (C=O) groups is 1. The zero-order valence-electron chi connectivity index (χ0n) is 14.4. The highest BCUT2D eigenvalue weighted by Gasteiger charge is 2.20. The van der Waals surface area contributed by atoms with Gasteiger partial charge in [-0.3, -0.25) is 4.79 Å². The van der Waals surface area contributed by atoms with Crippen LogP contribution in [0.2, 0.25) is 0 Å². The van der Waals surface area contributed by atoms with Crippen molar-refractivity contribution in [1.82, 2.24) is 5.32 Å². The van der Waals surface area contributed by atoms with E-state index < -0.39 is 0 Å². The second kappa shape index (κ2) is 7.79. The molecule has 3 rings (SSSR count). The van der Waals surface area contributed by atoms with Crippen LogP contribution in [0.15, 0.2) is 42.5 Å². The van der Waals surface area contributed by atoms with Crippen LogP contribution in [0.5, 0.6) is 17.2 Å². The third-order valence-electron chi connectivity index (χ3n) is 3.89. The van der Waals surface area contributed by atoms with Gasteiger partial charge in [0, 0.05) is 0 Å². The lowest BCUT2D eigenvalue weighted by Crippen LogP contribution is -2.42. The maximum absolute atomic E-state index is 12.1. The van der Waals surface area contributed by atoms with E-state index in [4.69, 9.17) is 14.2 Å². The van der Waals surface area contributed by atoms with E-state index in [2.05, 4.69) is 10.6 Å². The monoisotopic (exact) mass is 342 g/mol. The Kier molecular flexibility index (Phi) is 5.28. The van der Waals surface area contributed by atoms with Crippen LogP contribution in [0.25, 0.3) is 0 Å². The van der Waals surface area contributed by atoms with Gasteiger partial charge in [0.15, 0.2) is 11.5 Å². The second-order valence-electron chi connectivity index (χ2n) is 5.86. The number of methoxy groups -OCH3 is 1. The molecule has 1 aliphatic heterocycles. The van der Waals surface area contributed by atoms with Gasteiger partial charge in [0.05, 0.1) is 25.9 Å². The molecule has 1 amide bonds. The lowest BCUT2D eigenvalue weighted by atomic mass is 10.2. The van der Waals surface area contributed by atoms with E-state index in [0.29, 0.717) is 24.7 Å². The van der Waals surface area contributed by atoms with Crippen LogP contribution in [-0.4, -0.2) is 38.8 Å². The SMILES string of the molecule is COc1ccc(C)cc1NCC(=O)NC[C@H]1COc2ccccc2O1. The maximum atomic E-state index is 12.1. The number of ether oxygens (including phenoxy) is 3. The molecule has 0 aromatic heterocycles. The second-order valence-corrected chi connectivity index (χ2v) is 5.86. The third-order valence-corrected chi connectivity index (χ3v) is 3.89. The Morgan fingerprint density at radius 3 is 2.84 bits per heavy atom. The lowest BCUT2D eigenvalue weighted by molar-refractivity contribution is -0.119. The number of hydrogen-bond acceptors (Lipinski definition) is 5. The summed E-state index contributed by atoms with van der Waals surface area (Å²) in [6.07, 6.45) is -0.202. The number of hydrogen-bond donors (Lipinski definition) is 2. The summed E-state index contributed by atoms with van der Waals surface area (Å²) < 4.78 is 16.7. The highest BCUT2D eigenvalue weighted by Crippen LogP contribution is 2.30. The van der Waals surface area contributed by atoms with Gasteiger partial charge < -0.3 is 24.8 Å². The molecule has 0 saturated heterocycles. The van der Waals surface area contributed by atoms with Crippen LogP contribution in [0.1, 0.15) is 5.56 Å². The number of nitrogens with one attached hydrogen (secondary N) is 2. The summed E-state index contributed by atoms with van der Waals surface area (Å²) >= 11 is 0. The normalized spacial score (nSPS) is 15.4. The predicted octanol–water partition coefficient (Wildman–Crippen LogP) is 2.37. The zero-order chi connectivity index (χ0) is 17.6.